The maximum absolute atomic E-state index is 14.2. The van der Waals surface area contributed by atoms with Gasteiger partial charge in [-0.25, -0.2) is 4.39 Å². The second-order valence-electron chi connectivity index (χ2n) is 6.74. The summed E-state index contributed by atoms with van der Waals surface area (Å²) in [5, 5.41) is 10.5. The van der Waals surface area contributed by atoms with Crippen molar-refractivity contribution >= 4 is 16.8 Å². The van der Waals surface area contributed by atoms with Crippen LogP contribution in [0.25, 0.3) is 10.9 Å². The smallest absolute Gasteiger partial charge is 0.270 e. The topological polar surface area (TPSA) is 45.5 Å². The third kappa shape index (κ3) is 2.88. The molecule has 3 aromatic rings. The highest BCUT2D eigenvalue weighted by molar-refractivity contribution is 5.99. The molecule has 1 aliphatic heterocycles. The van der Waals surface area contributed by atoms with Crippen LogP contribution >= 0.6 is 0 Å². The summed E-state index contributed by atoms with van der Waals surface area (Å²) in [4.78, 5) is 14.9. The zero-order valence-corrected chi connectivity index (χ0v) is 14.4. The van der Waals surface area contributed by atoms with Gasteiger partial charge in [-0.15, -0.1) is 0 Å². The minimum Gasteiger partial charge on any atom is -0.394 e. The van der Waals surface area contributed by atoms with Crippen LogP contribution < -0.4 is 0 Å². The van der Waals surface area contributed by atoms with Gasteiger partial charge in [0.2, 0.25) is 0 Å². The summed E-state index contributed by atoms with van der Waals surface area (Å²) in [6.07, 6.45) is 1.71. The Morgan fingerprint density at radius 1 is 1.15 bits per heavy atom. The van der Waals surface area contributed by atoms with Gasteiger partial charge in [0.25, 0.3) is 5.91 Å². The van der Waals surface area contributed by atoms with E-state index in [1.54, 1.807) is 23.1 Å². The fourth-order valence-electron chi connectivity index (χ4n) is 3.79. The van der Waals surface area contributed by atoms with Crippen LogP contribution in [0.15, 0.2) is 54.6 Å². The molecular weight excluding hydrogens is 331 g/mol. The van der Waals surface area contributed by atoms with Crippen molar-refractivity contribution in [3.8, 4) is 0 Å². The molecule has 1 unspecified atom stereocenters. The van der Waals surface area contributed by atoms with Gasteiger partial charge in [0.15, 0.2) is 0 Å². The molecule has 0 radical (unpaired) electrons. The van der Waals surface area contributed by atoms with Crippen LogP contribution in [0.4, 0.5) is 4.39 Å². The molecule has 0 saturated carbocycles. The number of carbonyl (C=O) groups is 1. The van der Waals surface area contributed by atoms with Crippen LogP contribution in [-0.2, 0) is 6.54 Å². The first-order valence-corrected chi connectivity index (χ1v) is 8.92. The zero-order valence-electron chi connectivity index (χ0n) is 14.4. The SMILES string of the molecule is O=C(c1cc2ccccc2n1Cc1ccccc1F)N1CCCC1CO. The van der Waals surface area contributed by atoms with Crippen LogP contribution in [0.1, 0.15) is 28.9 Å². The van der Waals surface area contributed by atoms with Crippen LogP contribution in [0.5, 0.6) is 0 Å². The number of para-hydroxylation sites is 1. The Bertz CT molecular complexity index is 950. The van der Waals surface area contributed by atoms with Crippen LogP contribution in [0, 0.1) is 5.82 Å². The number of amides is 1. The molecule has 1 fully saturated rings. The van der Waals surface area contributed by atoms with Crippen molar-refractivity contribution in [3.63, 3.8) is 0 Å². The summed E-state index contributed by atoms with van der Waals surface area (Å²) >= 11 is 0. The second kappa shape index (κ2) is 6.92. The summed E-state index contributed by atoms with van der Waals surface area (Å²) in [5.74, 6) is -0.382. The maximum atomic E-state index is 14.2. The van der Waals surface area contributed by atoms with Gasteiger partial charge in [0.05, 0.1) is 19.2 Å². The predicted molar refractivity (Wildman–Crippen MR) is 98.6 cm³/mol. The van der Waals surface area contributed by atoms with Gasteiger partial charge >= 0.3 is 0 Å². The highest BCUT2D eigenvalue weighted by Gasteiger charge is 2.31. The number of hydrogen-bond donors (Lipinski definition) is 1. The van der Waals surface area contributed by atoms with E-state index in [4.69, 9.17) is 0 Å². The summed E-state index contributed by atoms with van der Waals surface area (Å²) < 4.78 is 16.1. The number of carbonyl (C=O) groups excluding carboxylic acids is 1. The number of benzene rings is 2. The highest BCUT2D eigenvalue weighted by Crippen LogP contribution is 2.26. The summed E-state index contributed by atoms with van der Waals surface area (Å²) in [7, 11) is 0. The second-order valence-corrected chi connectivity index (χ2v) is 6.74. The number of aliphatic hydroxyl groups is 1. The fourth-order valence-corrected chi connectivity index (χ4v) is 3.79. The minimum absolute atomic E-state index is 0.0285. The van der Waals surface area contributed by atoms with E-state index in [2.05, 4.69) is 0 Å². The van der Waals surface area contributed by atoms with E-state index in [0.717, 1.165) is 23.7 Å². The molecular formula is C21H21FN2O2. The molecule has 1 aliphatic rings. The molecule has 26 heavy (non-hydrogen) atoms. The number of hydrogen-bond acceptors (Lipinski definition) is 2. The monoisotopic (exact) mass is 352 g/mol. The molecule has 1 N–H and O–H groups in total. The molecule has 2 aromatic carbocycles. The number of halogens is 1. The van der Waals surface area contributed by atoms with Crippen molar-refractivity contribution in [1.29, 1.82) is 0 Å². The Labute approximate surface area is 151 Å². The van der Waals surface area contributed by atoms with Crippen molar-refractivity contribution in [2.24, 2.45) is 0 Å². The van der Waals surface area contributed by atoms with E-state index in [0.29, 0.717) is 24.3 Å². The van der Waals surface area contributed by atoms with E-state index in [-0.39, 0.29) is 24.4 Å². The van der Waals surface area contributed by atoms with Crippen LogP contribution in [0.2, 0.25) is 0 Å². The Kier molecular flexibility index (Phi) is 4.47. The van der Waals surface area contributed by atoms with Crippen molar-refractivity contribution < 1.29 is 14.3 Å². The molecule has 5 heteroatoms. The van der Waals surface area contributed by atoms with Gasteiger partial charge in [-0.1, -0.05) is 36.4 Å². The molecule has 0 spiro atoms. The third-order valence-corrected chi connectivity index (χ3v) is 5.16. The van der Waals surface area contributed by atoms with Crippen molar-refractivity contribution in [2.45, 2.75) is 25.4 Å². The number of nitrogens with zero attached hydrogens (tertiary/aromatic N) is 2. The number of rotatable bonds is 4. The Morgan fingerprint density at radius 2 is 1.92 bits per heavy atom. The van der Waals surface area contributed by atoms with E-state index >= 15 is 0 Å². The third-order valence-electron chi connectivity index (χ3n) is 5.16. The summed E-state index contributed by atoms with van der Waals surface area (Å²) in [6.45, 7) is 0.906. The molecule has 4 nitrogen and oxygen atoms in total. The molecule has 2 heterocycles. The number of likely N-dealkylation sites (tertiary alicyclic amines) is 1. The number of aromatic nitrogens is 1. The average molecular weight is 352 g/mol. The van der Waals surface area contributed by atoms with E-state index in [1.807, 2.05) is 34.9 Å². The van der Waals surface area contributed by atoms with Gasteiger partial charge in [-0.2, -0.15) is 0 Å². The lowest BCUT2D eigenvalue weighted by molar-refractivity contribution is 0.0667. The molecule has 1 saturated heterocycles. The first kappa shape index (κ1) is 16.8. The molecule has 134 valence electrons. The molecule has 4 rings (SSSR count). The van der Waals surface area contributed by atoms with E-state index in [1.165, 1.54) is 6.07 Å². The molecule has 1 aromatic heterocycles. The lowest BCUT2D eigenvalue weighted by atomic mass is 10.2. The normalized spacial score (nSPS) is 17.2. The average Bonchev–Trinajstić information content (AvgIpc) is 3.28. The molecule has 1 amide bonds. The van der Waals surface area contributed by atoms with E-state index in [9.17, 15) is 14.3 Å². The maximum Gasteiger partial charge on any atom is 0.270 e. The first-order valence-electron chi connectivity index (χ1n) is 8.92. The van der Waals surface area contributed by atoms with E-state index < -0.39 is 0 Å². The van der Waals surface area contributed by atoms with Gasteiger partial charge in [0, 0.05) is 23.0 Å². The van der Waals surface area contributed by atoms with Gasteiger partial charge < -0.3 is 14.6 Å². The van der Waals surface area contributed by atoms with Crippen molar-refractivity contribution in [3.05, 3.63) is 71.7 Å². The minimum atomic E-state index is -0.280. The van der Waals surface area contributed by atoms with Gasteiger partial charge in [0.1, 0.15) is 11.5 Å². The molecule has 0 aliphatic carbocycles. The molecule has 0 bridgehead atoms. The fraction of sp³-hybridized carbons (Fsp3) is 0.286. The van der Waals surface area contributed by atoms with Gasteiger partial charge in [-0.3, -0.25) is 4.79 Å². The quantitative estimate of drug-likeness (QED) is 0.782. The molecule has 1 atom stereocenters. The first-order chi connectivity index (χ1) is 12.7. The van der Waals surface area contributed by atoms with Crippen molar-refractivity contribution in [1.82, 2.24) is 9.47 Å². The Balaban J connectivity index is 1.79. The van der Waals surface area contributed by atoms with Crippen molar-refractivity contribution in [2.75, 3.05) is 13.2 Å². The van der Waals surface area contributed by atoms with Crippen LogP contribution in [-0.4, -0.2) is 39.7 Å². The lowest BCUT2D eigenvalue weighted by Gasteiger charge is -2.24. The standard InChI is InChI=1S/C21H21FN2O2/c22-18-9-3-1-7-16(18)13-24-19-10-4-2-6-15(19)12-20(24)21(26)23-11-5-8-17(23)14-25/h1-4,6-7,9-10,12,17,25H,5,8,11,13-14H2. The lowest BCUT2D eigenvalue weighted by Crippen LogP contribution is -2.38. The number of aliphatic hydroxyl groups excluding tert-OH is 1. The predicted octanol–water partition coefficient (Wildman–Crippen LogP) is 3.43. The summed E-state index contributed by atoms with van der Waals surface area (Å²) in [5.41, 5.74) is 1.98. The highest BCUT2D eigenvalue weighted by atomic mass is 19.1. The number of fused-ring (bicyclic) bond motifs is 1. The Morgan fingerprint density at radius 3 is 2.73 bits per heavy atom. The van der Waals surface area contributed by atoms with Crippen LogP contribution in [0.3, 0.4) is 0 Å². The summed E-state index contributed by atoms with van der Waals surface area (Å²) in [6, 6.07) is 16.1. The zero-order chi connectivity index (χ0) is 18.1. The Hall–Kier alpha value is -2.66. The largest absolute Gasteiger partial charge is 0.394 e. The van der Waals surface area contributed by atoms with Gasteiger partial charge in [-0.05, 0) is 31.0 Å².